The molecule has 0 aromatic rings. The van der Waals surface area contributed by atoms with Gasteiger partial charge in [0.15, 0.2) is 6.10 Å². The van der Waals surface area contributed by atoms with Gasteiger partial charge >= 0.3 is 17.9 Å². The van der Waals surface area contributed by atoms with E-state index in [9.17, 15) is 14.4 Å². The standard InChI is InChI=1S/C61H106O6/c1-4-7-10-13-16-19-22-25-28-29-30-31-34-36-39-42-45-48-51-54-60(63)66-57-58(67-61(64)55-52-49-46-43-40-37-33-27-24-21-18-15-12-9-6-3)56-65-59(62)53-50-47-44-41-38-35-32-26-23-20-17-14-11-8-5-2/h17-18,20-21,26-27,32-33,38,40-41,43,58H,4-16,19,22-25,28-31,34-37,39,42,44-57H2,1-3H3/b20-17-,21-18-,32-26-,33-27-,41-38-,43-40-/t58-/m1/s1. The molecule has 0 aliphatic rings. The maximum absolute atomic E-state index is 12.8. The number of esters is 3. The summed E-state index contributed by atoms with van der Waals surface area (Å²) in [4.78, 5) is 38.1. The molecule has 0 amide bonds. The highest BCUT2D eigenvalue weighted by Gasteiger charge is 2.19. The van der Waals surface area contributed by atoms with Crippen molar-refractivity contribution in [2.45, 2.75) is 284 Å². The number of allylic oxidation sites excluding steroid dienone is 12. The highest BCUT2D eigenvalue weighted by molar-refractivity contribution is 5.71. The molecule has 1 atom stereocenters. The van der Waals surface area contributed by atoms with Gasteiger partial charge in [0.05, 0.1) is 0 Å². The average Bonchev–Trinajstić information content (AvgIpc) is 3.33. The Morgan fingerprint density at radius 3 is 0.866 bits per heavy atom. The number of unbranched alkanes of at least 4 members (excludes halogenated alkanes) is 28. The van der Waals surface area contributed by atoms with Gasteiger partial charge in [-0.3, -0.25) is 14.4 Å². The minimum absolute atomic E-state index is 0.101. The monoisotopic (exact) mass is 935 g/mol. The molecule has 0 aliphatic carbocycles. The van der Waals surface area contributed by atoms with Gasteiger partial charge in [0.2, 0.25) is 0 Å². The first-order valence-corrected chi connectivity index (χ1v) is 28.4. The molecule has 6 heteroatoms. The van der Waals surface area contributed by atoms with Gasteiger partial charge < -0.3 is 14.2 Å². The highest BCUT2D eigenvalue weighted by Crippen LogP contribution is 2.16. The molecule has 0 fully saturated rings. The van der Waals surface area contributed by atoms with Crippen LogP contribution in [0.15, 0.2) is 72.9 Å². The molecule has 6 nitrogen and oxygen atoms in total. The third-order valence-electron chi connectivity index (χ3n) is 12.2. The Balaban J connectivity index is 4.44. The fraction of sp³-hybridized carbons (Fsp3) is 0.754. The molecule has 0 aliphatic heterocycles. The van der Waals surface area contributed by atoms with E-state index in [0.717, 1.165) is 77.0 Å². The maximum Gasteiger partial charge on any atom is 0.306 e. The van der Waals surface area contributed by atoms with E-state index in [0.29, 0.717) is 19.3 Å². The van der Waals surface area contributed by atoms with Gasteiger partial charge in [0.25, 0.3) is 0 Å². The molecule has 0 saturated carbocycles. The van der Waals surface area contributed by atoms with Crippen LogP contribution in [-0.2, 0) is 28.6 Å². The van der Waals surface area contributed by atoms with Crippen molar-refractivity contribution in [1.82, 2.24) is 0 Å². The van der Waals surface area contributed by atoms with Crippen LogP contribution in [0.3, 0.4) is 0 Å². The van der Waals surface area contributed by atoms with E-state index >= 15 is 0 Å². The fourth-order valence-corrected chi connectivity index (χ4v) is 7.87. The Labute approximate surface area is 414 Å². The number of carbonyl (C=O) groups excluding carboxylic acids is 3. The minimum atomic E-state index is -0.809. The van der Waals surface area contributed by atoms with E-state index in [-0.39, 0.29) is 37.5 Å². The summed E-state index contributed by atoms with van der Waals surface area (Å²) in [6.07, 6.45) is 70.4. The van der Waals surface area contributed by atoms with Crippen LogP contribution < -0.4 is 0 Å². The molecule has 0 N–H and O–H groups in total. The van der Waals surface area contributed by atoms with Gasteiger partial charge in [0.1, 0.15) is 13.2 Å². The van der Waals surface area contributed by atoms with Gasteiger partial charge in [0, 0.05) is 19.3 Å². The molecule has 0 rings (SSSR count). The topological polar surface area (TPSA) is 78.9 Å². The second kappa shape index (κ2) is 55.4. The van der Waals surface area contributed by atoms with Gasteiger partial charge in [-0.15, -0.1) is 0 Å². The van der Waals surface area contributed by atoms with Crippen molar-refractivity contribution in [3.63, 3.8) is 0 Å². The predicted octanol–water partition coefficient (Wildman–Crippen LogP) is 19.0. The van der Waals surface area contributed by atoms with Crippen LogP contribution in [0.2, 0.25) is 0 Å². The lowest BCUT2D eigenvalue weighted by molar-refractivity contribution is -0.167. The molecule has 0 heterocycles. The Kier molecular flexibility index (Phi) is 52.8. The summed E-state index contributed by atoms with van der Waals surface area (Å²) in [7, 11) is 0. The summed E-state index contributed by atoms with van der Waals surface area (Å²) in [6.45, 7) is 6.54. The SMILES string of the molecule is CCCCC/C=C\C/C=C\C/C=C\CCCCC(=O)OC[C@H](COC(=O)CCCCCCCCCCCCCCCCCCCCC)OC(=O)CCCC/C=C\C/C=C\C/C=C\CCCCC. The van der Waals surface area contributed by atoms with Gasteiger partial charge in [-0.1, -0.05) is 235 Å². The maximum atomic E-state index is 12.8. The lowest BCUT2D eigenvalue weighted by atomic mass is 10.0. The quantitative estimate of drug-likeness (QED) is 0.0262. The number of hydrogen-bond acceptors (Lipinski definition) is 6. The van der Waals surface area contributed by atoms with E-state index < -0.39 is 6.10 Å². The van der Waals surface area contributed by atoms with E-state index in [4.69, 9.17) is 14.2 Å². The molecule has 0 unspecified atom stereocenters. The summed E-state index contributed by atoms with van der Waals surface area (Å²) >= 11 is 0. The molecule has 386 valence electrons. The Hall–Kier alpha value is -3.15. The summed E-state index contributed by atoms with van der Waals surface area (Å²) in [5, 5.41) is 0. The van der Waals surface area contributed by atoms with E-state index in [2.05, 4.69) is 93.7 Å². The normalized spacial score (nSPS) is 12.6. The zero-order valence-corrected chi connectivity index (χ0v) is 44.2. The molecule has 0 saturated heterocycles. The van der Waals surface area contributed by atoms with Crippen molar-refractivity contribution in [1.29, 1.82) is 0 Å². The van der Waals surface area contributed by atoms with Crippen molar-refractivity contribution in [3.05, 3.63) is 72.9 Å². The summed E-state index contributed by atoms with van der Waals surface area (Å²) < 4.78 is 16.8. The third-order valence-corrected chi connectivity index (χ3v) is 12.2. The summed E-state index contributed by atoms with van der Waals surface area (Å²) in [6, 6.07) is 0. The van der Waals surface area contributed by atoms with Crippen LogP contribution in [-0.4, -0.2) is 37.2 Å². The lowest BCUT2D eigenvalue weighted by Gasteiger charge is -2.18. The van der Waals surface area contributed by atoms with Crippen LogP contribution in [0.5, 0.6) is 0 Å². The van der Waals surface area contributed by atoms with E-state index in [1.54, 1.807) is 0 Å². The van der Waals surface area contributed by atoms with Crippen molar-refractivity contribution in [2.24, 2.45) is 0 Å². The predicted molar refractivity (Wildman–Crippen MR) is 288 cm³/mol. The summed E-state index contributed by atoms with van der Waals surface area (Å²) in [5.74, 6) is -0.972. The number of rotatable bonds is 51. The van der Waals surface area contributed by atoms with Crippen LogP contribution in [0, 0.1) is 0 Å². The molecule has 67 heavy (non-hydrogen) atoms. The highest BCUT2D eigenvalue weighted by atomic mass is 16.6. The van der Waals surface area contributed by atoms with Crippen LogP contribution in [0.4, 0.5) is 0 Å². The van der Waals surface area contributed by atoms with Crippen molar-refractivity contribution < 1.29 is 28.6 Å². The molecule has 0 bridgehead atoms. The second-order valence-corrected chi connectivity index (χ2v) is 18.8. The zero-order chi connectivity index (χ0) is 48.6. The number of ether oxygens (including phenoxy) is 3. The Bertz CT molecular complexity index is 1260. The first-order valence-electron chi connectivity index (χ1n) is 28.4. The Morgan fingerprint density at radius 1 is 0.299 bits per heavy atom. The molecular weight excluding hydrogens is 829 g/mol. The lowest BCUT2D eigenvalue weighted by Crippen LogP contribution is -2.30. The minimum Gasteiger partial charge on any atom is -0.462 e. The first kappa shape index (κ1) is 63.8. The number of hydrogen-bond donors (Lipinski definition) is 0. The second-order valence-electron chi connectivity index (χ2n) is 18.8. The van der Waals surface area contributed by atoms with Crippen LogP contribution in [0.1, 0.15) is 278 Å². The molecule has 0 spiro atoms. The first-order chi connectivity index (χ1) is 33.0. The van der Waals surface area contributed by atoms with E-state index in [1.807, 2.05) is 0 Å². The van der Waals surface area contributed by atoms with Crippen molar-refractivity contribution >= 4 is 17.9 Å². The van der Waals surface area contributed by atoms with Gasteiger partial charge in [-0.05, 0) is 96.3 Å². The van der Waals surface area contributed by atoms with Crippen LogP contribution >= 0.6 is 0 Å². The molecule has 0 radical (unpaired) electrons. The van der Waals surface area contributed by atoms with Crippen molar-refractivity contribution in [3.8, 4) is 0 Å². The van der Waals surface area contributed by atoms with Crippen molar-refractivity contribution in [2.75, 3.05) is 13.2 Å². The molecule has 0 aromatic heterocycles. The molecule has 0 aromatic carbocycles. The van der Waals surface area contributed by atoms with Crippen LogP contribution in [0.25, 0.3) is 0 Å². The van der Waals surface area contributed by atoms with Gasteiger partial charge in [-0.2, -0.15) is 0 Å². The summed E-state index contributed by atoms with van der Waals surface area (Å²) in [5.41, 5.74) is 0. The average molecular weight is 936 g/mol. The molecular formula is C61H106O6. The van der Waals surface area contributed by atoms with Gasteiger partial charge in [-0.25, -0.2) is 0 Å². The number of carbonyl (C=O) groups is 3. The third kappa shape index (κ3) is 53.7. The largest absolute Gasteiger partial charge is 0.462 e. The van der Waals surface area contributed by atoms with E-state index in [1.165, 1.54) is 154 Å². The fourth-order valence-electron chi connectivity index (χ4n) is 7.87. The smallest absolute Gasteiger partial charge is 0.306 e. The zero-order valence-electron chi connectivity index (χ0n) is 44.2. The Morgan fingerprint density at radius 2 is 0.537 bits per heavy atom.